The lowest BCUT2D eigenvalue weighted by Gasteiger charge is -2.12. The van der Waals surface area contributed by atoms with Crippen molar-refractivity contribution < 1.29 is 0 Å². The van der Waals surface area contributed by atoms with Crippen LogP contribution in [0, 0.1) is 0 Å². The van der Waals surface area contributed by atoms with Crippen molar-refractivity contribution in [2.45, 2.75) is 45.8 Å². The highest BCUT2D eigenvalue weighted by Crippen LogP contribution is 2.14. The minimum atomic E-state index is 0.496. The Bertz CT molecular complexity index is 481. The minimum absolute atomic E-state index is 0.496. The van der Waals surface area contributed by atoms with Gasteiger partial charge in [0, 0.05) is 24.5 Å². The third kappa shape index (κ3) is 2.79. The number of hydrogen-bond acceptors (Lipinski definition) is 3. The third-order valence-corrected chi connectivity index (χ3v) is 3.23. The molecule has 0 atom stereocenters. The van der Waals surface area contributed by atoms with Gasteiger partial charge in [0.05, 0.1) is 24.5 Å². The van der Waals surface area contributed by atoms with E-state index in [0.717, 1.165) is 24.1 Å². The SMILES string of the molecule is CCC(CC)n1ccc(Cn2cc(CN)cn2)n1. The van der Waals surface area contributed by atoms with Crippen LogP contribution in [0.3, 0.4) is 0 Å². The lowest BCUT2D eigenvalue weighted by atomic mass is 10.2. The highest BCUT2D eigenvalue weighted by atomic mass is 15.3. The van der Waals surface area contributed by atoms with E-state index in [4.69, 9.17) is 5.73 Å². The molecule has 18 heavy (non-hydrogen) atoms. The first-order chi connectivity index (χ1) is 8.76. The number of nitrogens with two attached hydrogens (primary N) is 1. The zero-order valence-electron chi connectivity index (χ0n) is 11.1. The summed E-state index contributed by atoms with van der Waals surface area (Å²) in [5.41, 5.74) is 7.65. The van der Waals surface area contributed by atoms with Gasteiger partial charge in [-0.25, -0.2) is 0 Å². The van der Waals surface area contributed by atoms with E-state index in [1.165, 1.54) is 0 Å². The van der Waals surface area contributed by atoms with Crippen molar-refractivity contribution in [3.8, 4) is 0 Å². The first kappa shape index (κ1) is 12.8. The third-order valence-electron chi connectivity index (χ3n) is 3.23. The molecule has 0 spiro atoms. The van der Waals surface area contributed by atoms with Crippen LogP contribution in [0.2, 0.25) is 0 Å². The molecule has 2 aromatic rings. The molecule has 2 aromatic heterocycles. The molecule has 0 bridgehead atoms. The van der Waals surface area contributed by atoms with E-state index < -0.39 is 0 Å². The van der Waals surface area contributed by atoms with Crippen molar-refractivity contribution in [1.82, 2.24) is 19.6 Å². The van der Waals surface area contributed by atoms with Gasteiger partial charge in [-0.3, -0.25) is 9.36 Å². The standard InChI is InChI=1S/C13H21N5/c1-3-13(4-2)18-6-5-12(16-18)10-17-9-11(7-14)8-15-17/h5-6,8-9,13H,3-4,7,10,14H2,1-2H3. The molecular formula is C13H21N5. The monoisotopic (exact) mass is 247 g/mol. The summed E-state index contributed by atoms with van der Waals surface area (Å²) in [6.07, 6.45) is 8.04. The van der Waals surface area contributed by atoms with E-state index in [1.54, 1.807) is 6.20 Å². The van der Waals surface area contributed by atoms with E-state index in [-0.39, 0.29) is 0 Å². The van der Waals surface area contributed by atoms with Crippen LogP contribution in [-0.4, -0.2) is 19.6 Å². The molecular weight excluding hydrogens is 226 g/mol. The molecule has 98 valence electrons. The fourth-order valence-corrected chi connectivity index (χ4v) is 2.09. The molecule has 0 amide bonds. The second-order valence-electron chi connectivity index (χ2n) is 4.51. The van der Waals surface area contributed by atoms with Gasteiger partial charge in [-0.05, 0) is 18.9 Å². The maximum atomic E-state index is 5.56. The van der Waals surface area contributed by atoms with Crippen LogP contribution >= 0.6 is 0 Å². The topological polar surface area (TPSA) is 61.7 Å². The maximum absolute atomic E-state index is 5.56. The molecule has 0 aliphatic carbocycles. The van der Waals surface area contributed by atoms with Crippen LogP contribution in [0.15, 0.2) is 24.7 Å². The zero-order chi connectivity index (χ0) is 13.0. The van der Waals surface area contributed by atoms with Crippen molar-refractivity contribution in [3.63, 3.8) is 0 Å². The molecule has 0 radical (unpaired) electrons. The van der Waals surface area contributed by atoms with Gasteiger partial charge in [-0.2, -0.15) is 10.2 Å². The highest BCUT2D eigenvalue weighted by Gasteiger charge is 2.08. The maximum Gasteiger partial charge on any atom is 0.0849 e. The van der Waals surface area contributed by atoms with Crippen LogP contribution in [0.1, 0.15) is 44.0 Å². The fourth-order valence-electron chi connectivity index (χ4n) is 2.09. The van der Waals surface area contributed by atoms with Gasteiger partial charge in [0.25, 0.3) is 0 Å². The van der Waals surface area contributed by atoms with Crippen LogP contribution < -0.4 is 5.73 Å². The number of nitrogens with zero attached hydrogens (tertiary/aromatic N) is 4. The fraction of sp³-hybridized carbons (Fsp3) is 0.538. The van der Waals surface area contributed by atoms with Crippen LogP contribution in [0.5, 0.6) is 0 Å². The van der Waals surface area contributed by atoms with Crippen molar-refractivity contribution >= 4 is 0 Å². The Kier molecular flexibility index (Phi) is 4.15. The summed E-state index contributed by atoms with van der Waals surface area (Å²) in [6, 6.07) is 2.55. The molecule has 0 unspecified atom stereocenters. The zero-order valence-corrected chi connectivity index (χ0v) is 11.1. The molecule has 0 fully saturated rings. The molecule has 0 saturated heterocycles. The van der Waals surface area contributed by atoms with Gasteiger partial charge in [0.15, 0.2) is 0 Å². The second-order valence-corrected chi connectivity index (χ2v) is 4.51. The molecule has 0 aliphatic rings. The van der Waals surface area contributed by atoms with Crippen LogP contribution in [0.25, 0.3) is 0 Å². The van der Waals surface area contributed by atoms with Gasteiger partial charge in [0.1, 0.15) is 0 Å². The van der Waals surface area contributed by atoms with Gasteiger partial charge >= 0.3 is 0 Å². The quantitative estimate of drug-likeness (QED) is 0.848. The molecule has 2 N–H and O–H groups in total. The van der Waals surface area contributed by atoms with Crippen molar-refractivity contribution in [1.29, 1.82) is 0 Å². The van der Waals surface area contributed by atoms with E-state index in [1.807, 2.05) is 10.9 Å². The Morgan fingerprint density at radius 1 is 1.33 bits per heavy atom. The summed E-state index contributed by atoms with van der Waals surface area (Å²) in [5, 5.41) is 8.87. The lowest BCUT2D eigenvalue weighted by Crippen LogP contribution is -2.09. The summed E-state index contributed by atoms with van der Waals surface area (Å²) in [5.74, 6) is 0. The van der Waals surface area contributed by atoms with E-state index in [9.17, 15) is 0 Å². The Morgan fingerprint density at radius 2 is 2.11 bits per heavy atom. The molecule has 5 nitrogen and oxygen atoms in total. The van der Waals surface area contributed by atoms with Crippen molar-refractivity contribution in [3.05, 3.63) is 35.9 Å². The van der Waals surface area contributed by atoms with Gasteiger partial charge < -0.3 is 5.73 Å². The molecule has 5 heteroatoms. The molecule has 2 rings (SSSR count). The average molecular weight is 247 g/mol. The van der Waals surface area contributed by atoms with Gasteiger partial charge in [-0.1, -0.05) is 13.8 Å². The van der Waals surface area contributed by atoms with Crippen molar-refractivity contribution in [2.75, 3.05) is 0 Å². The van der Waals surface area contributed by atoms with Crippen molar-refractivity contribution in [2.24, 2.45) is 5.73 Å². The first-order valence-corrected chi connectivity index (χ1v) is 6.52. The Labute approximate surface area is 108 Å². The lowest BCUT2D eigenvalue weighted by molar-refractivity contribution is 0.424. The van der Waals surface area contributed by atoms with Crippen LogP contribution in [-0.2, 0) is 13.1 Å². The molecule has 2 heterocycles. The Hall–Kier alpha value is -1.62. The van der Waals surface area contributed by atoms with Gasteiger partial charge in [-0.15, -0.1) is 0 Å². The molecule has 0 aliphatic heterocycles. The van der Waals surface area contributed by atoms with Gasteiger partial charge in [0.2, 0.25) is 0 Å². The predicted octanol–water partition coefficient (Wildman–Crippen LogP) is 1.95. The Balaban J connectivity index is 2.06. The largest absolute Gasteiger partial charge is 0.326 e. The first-order valence-electron chi connectivity index (χ1n) is 6.52. The normalized spacial score (nSPS) is 11.3. The number of hydrogen-bond donors (Lipinski definition) is 1. The Morgan fingerprint density at radius 3 is 2.72 bits per heavy atom. The summed E-state index contributed by atoms with van der Waals surface area (Å²) >= 11 is 0. The van der Waals surface area contributed by atoms with E-state index >= 15 is 0 Å². The summed E-state index contributed by atoms with van der Waals surface area (Å²) in [4.78, 5) is 0. The van der Waals surface area contributed by atoms with Crippen LogP contribution in [0.4, 0.5) is 0 Å². The molecule has 0 saturated carbocycles. The van der Waals surface area contributed by atoms with E-state index in [0.29, 0.717) is 19.1 Å². The number of aromatic nitrogens is 4. The highest BCUT2D eigenvalue weighted by molar-refractivity contribution is 5.06. The molecule has 0 aromatic carbocycles. The summed E-state index contributed by atoms with van der Waals surface area (Å²) in [6.45, 7) is 5.61. The predicted molar refractivity (Wildman–Crippen MR) is 71.1 cm³/mol. The summed E-state index contributed by atoms with van der Waals surface area (Å²) < 4.78 is 3.93. The summed E-state index contributed by atoms with van der Waals surface area (Å²) in [7, 11) is 0. The number of rotatable bonds is 6. The average Bonchev–Trinajstić information content (AvgIpc) is 3.01. The van der Waals surface area contributed by atoms with E-state index in [2.05, 4.69) is 41.0 Å². The second kappa shape index (κ2) is 5.82. The minimum Gasteiger partial charge on any atom is -0.326 e. The smallest absolute Gasteiger partial charge is 0.0849 e.